The fourth-order valence-corrected chi connectivity index (χ4v) is 6.99. The number of ether oxygens (including phenoxy) is 9. The van der Waals surface area contributed by atoms with Gasteiger partial charge in [-0.15, -0.1) is 11.3 Å². The molecule has 3 N–H and O–H groups in total. The number of fused-ring (bicyclic) bond motifs is 4. The smallest absolute Gasteiger partial charge is 0.310 e. The van der Waals surface area contributed by atoms with Crippen molar-refractivity contribution < 1.29 is 77.8 Å². The van der Waals surface area contributed by atoms with E-state index in [0.29, 0.717) is 4.88 Å². The average molecular weight is 668 g/mol. The molecule has 0 bridgehead atoms. The lowest BCUT2D eigenvalue weighted by atomic mass is 9.66. The lowest BCUT2D eigenvalue weighted by molar-refractivity contribution is -0.368. The molecule has 1 aliphatic carbocycles. The van der Waals surface area contributed by atoms with E-state index in [0.717, 1.165) is 12.1 Å². The normalized spacial score (nSPS) is 42.2. The van der Waals surface area contributed by atoms with Gasteiger partial charge < -0.3 is 58.0 Å². The van der Waals surface area contributed by atoms with Gasteiger partial charge in [0.05, 0.1) is 57.8 Å². The molecule has 0 spiro atoms. The third kappa shape index (κ3) is 4.70. The van der Waals surface area contributed by atoms with Gasteiger partial charge in [0.1, 0.15) is 24.4 Å². The van der Waals surface area contributed by atoms with Gasteiger partial charge in [0.25, 0.3) is 0 Å². The van der Waals surface area contributed by atoms with Gasteiger partial charge in [0.15, 0.2) is 35.6 Å². The summed E-state index contributed by atoms with van der Waals surface area (Å²) in [6.07, 6.45) is -12.0. The molecule has 244 valence electrons. The van der Waals surface area contributed by atoms with Gasteiger partial charge in [0.2, 0.25) is 12.5 Å². The Labute approximate surface area is 282 Å². The summed E-state index contributed by atoms with van der Waals surface area (Å²) in [5, 5.41) is 35.4. The molecule has 10 atom stereocenters. The molecule has 14 heteroatoms. The number of carbonyl (C=O) groups excluding carboxylic acids is 1. The van der Waals surface area contributed by atoms with Gasteiger partial charge in [0, 0.05) is 13.2 Å². The van der Waals surface area contributed by atoms with E-state index >= 15 is 0 Å². The van der Waals surface area contributed by atoms with Crippen LogP contribution >= 0.6 is 11.3 Å². The largest absolute Gasteiger partial charge is 0.502 e. The number of aliphatic hydroxyl groups excluding tert-OH is 2. The summed E-state index contributed by atoms with van der Waals surface area (Å²) in [6, 6.07) is 7.57. The molecule has 0 amide bonds. The van der Waals surface area contributed by atoms with Crippen molar-refractivity contribution in [3.05, 3.63) is 63.3 Å². The van der Waals surface area contributed by atoms with Crippen molar-refractivity contribution in [2.75, 3.05) is 34.0 Å². The van der Waals surface area contributed by atoms with Crippen molar-refractivity contribution in [2.24, 2.45) is 11.8 Å². The van der Waals surface area contributed by atoms with Crippen LogP contribution in [0.3, 0.4) is 0 Å². The molecule has 0 saturated carbocycles. The van der Waals surface area contributed by atoms with E-state index in [1.54, 1.807) is 17.5 Å². The van der Waals surface area contributed by atoms with Crippen molar-refractivity contribution >= 4 is 17.3 Å². The first-order chi connectivity index (χ1) is 26.5. The van der Waals surface area contributed by atoms with E-state index in [1.165, 1.54) is 23.5 Å². The van der Waals surface area contributed by atoms with Gasteiger partial charge >= 0.3 is 5.97 Å². The Morgan fingerprint density at radius 1 is 1.00 bits per heavy atom. The Bertz CT molecular complexity index is 2030. The molecular weight excluding hydrogens is 624 g/mol. The lowest BCUT2D eigenvalue weighted by Gasteiger charge is -2.48. The van der Waals surface area contributed by atoms with E-state index < -0.39 is 117 Å². The van der Waals surface area contributed by atoms with Crippen molar-refractivity contribution in [2.45, 2.75) is 49.0 Å². The highest BCUT2D eigenvalue weighted by Gasteiger charge is 2.56. The minimum atomic E-state index is -3.23. The molecule has 2 aromatic carbocycles. The summed E-state index contributed by atoms with van der Waals surface area (Å²) in [5.74, 6) is -10.4. The minimum Gasteiger partial charge on any atom is -0.502 e. The number of aliphatic hydroxyl groups is 2. The van der Waals surface area contributed by atoms with Gasteiger partial charge in [-0.2, -0.15) is 0 Å². The van der Waals surface area contributed by atoms with E-state index in [4.69, 9.17) is 56.3 Å². The Kier molecular flexibility index (Phi) is 5.00. The van der Waals surface area contributed by atoms with Crippen molar-refractivity contribution in [3.8, 4) is 28.7 Å². The first-order valence-corrected chi connectivity index (χ1v) is 14.8. The number of hydrogen-bond donors (Lipinski definition) is 3. The van der Waals surface area contributed by atoms with E-state index in [2.05, 4.69) is 0 Å². The second-order valence-corrected chi connectivity index (χ2v) is 11.9. The molecular formula is C32H32O13S. The highest BCUT2D eigenvalue weighted by atomic mass is 32.1. The maximum atomic E-state index is 13.9. The number of cyclic esters (lactones) is 1. The molecule has 46 heavy (non-hydrogen) atoms. The van der Waals surface area contributed by atoms with Crippen LogP contribution in [-0.4, -0.2) is 86.0 Å². The van der Waals surface area contributed by atoms with Crippen LogP contribution < -0.4 is 18.9 Å². The standard InChI is InChI=1S/C32H32O13S/c1-37-19-6-13(7-20(38-2)25(19)33)23-14-8-17-18(42-12-41-17)9-15(14)28(16-10-39-30(36)24(16)23)44-32-27(35)26(34)29-21(43-32)11-40-31(45-29)22-4-3-5-46-22/h3-9,16,21,23-24,26-29,31-35H,10-12H2,1-2H3/t16-,21+,23+,24-,26+,27+,28+,29+,31+,32-/m0/s1/i1D3,2D3,10D2,11D2,23D. The summed E-state index contributed by atoms with van der Waals surface area (Å²) in [4.78, 5) is 14.4. The molecule has 3 fully saturated rings. The van der Waals surface area contributed by atoms with Crippen LogP contribution in [0, 0.1) is 11.8 Å². The number of aromatic hydroxyl groups is 1. The number of esters is 1. The van der Waals surface area contributed by atoms with Crippen LogP contribution in [-0.2, 0) is 28.5 Å². The maximum Gasteiger partial charge on any atom is 0.310 e. The Morgan fingerprint density at radius 2 is 1.76 bits per heavy atom. The van der Waals surface area contributed by atoms with Crippen LogP contribution in [0.4, 0.5) is 0 Å². The average Bonchev–Trinajstić information content (AvgIpc) is 3.84. The predicted molar refractivity (Wildman–Crippen MR) is 156 cm³/mol. The zero-order chi connectivity index (χ0) is 41.2. The van der Waals surface area contributed by atoms with Gasteiger partial charge in [-0.25, -0.2) is 0 Å². The Balaban J connectivity index is 1.26. The van der Waals surface area contributed by atoms with Crippen molar-refractivity contribution in [1.82, 2.24) is 0 Å². The first kappa shape index (κ1) is 19.9. The predicted octanol–water partition coefficient (Wildman–Crippen LogP) is 2.75. The number of carbonyl (C=O) groups is 1. The van der Waals surface area contributed by atoms with E-state index in [1.807, 2.05) is 0 Å². The Morgan fingerprint density at radius 3 is 2.48 bits per heavy atom. The van der Waals surface area contributed by atoms with Crippen molar-refractivity contribution in [1.29, 1.82) is 0 Å². The highest BCUT2D eigenvalue weighted by molar-refractivity contribution is 7.10. The second kappa shape index (κ2) is 11.6. The molecule has 1 aromatic heterocycles. The Hall–Kier alpha value is -3.63. The van der Waals surface area contributed by atoms with Crippen molar-refractivity contribution in [3.63, 3.8) is 0 Å². The SMILES string of the molecule is [2H]C([2H])([2H])Oc1cc([C@]2([2H])c3cc4c(cc3[C@@H](O[C@@H]3O[C@H]5[C@@H](O[C@H](c6cccs6)OC5([2H])[2H])[C@H](O)[C@H]3O)[C@@H]3[C@@H]2C(=O)OC3([2H])[2H])OCO4)cc(OC([2H])([2H])[2H])c1O. The minimum absolute atomic E-state index is 0.0332. The zero-order valence-electron chi connectivity index (χ0n) is 34.3. The number of rotatable bonds is 6. The number of hydrogen-bond acceptors (Lipinski definition) is 14. The number of benzene rings is 2. The van der Waals surface area contributed by atoms with Gasteiger partial charge in [-0.05, 0) is 52.4 Å². The molecule has 0 unspecified atom stereocenters. The summed E-state index contributed by atoms with van der Waals surface area (Å²) in [7, 11) is -6.46. The second-order valence-electron chi connectivity index (χ2n) is 10.9. The molecule has 3 saturated heterocycles. The highest BCUT2D eigenvalue weighted by Crippen LogP contribution is 2.57. The third-order valence-electron chi connectivity index (χ3n) is 8.43. The number of methoxy groups -OCH3 is 2. The summed E-state index contributed by atoms with van der Waals surface area (Å²) >= 11 is 1.20. The van der Waals surface area contributed by atoms with Crippen LogP contribution in [0.25, 0.3) is 0 Å². The van der Waals surface area contributed by atoms with Crippen LogP contribution in [0.5, 0.6) is 28.7 Å². The molecule has 4 aliphatic heterocycles. The monoisotopic (exact) mass is 667 g/mol. The topological polar surface area (TPSA) is 161 Å². The number of phenolic OH excluding ortho intramolecular Hbond substituents is 1. The fourth-order valence-electron chi connectivity index (χ4n) is 6.30. The molecule has 3 aromatic rings. The van der Waals surface area contributed by atoms with Crippen LogP contribution in [0.15, 0.2) is 41.8 Å². The quantitative estimate of drug-likeness (QED) is 0.330. The maximum absolute atomic E-state index is 13.9. The van der Waals surface area contributed by atoms with Crippen LogP contribution in [0.1, 0.15) is 54.9 Å². The number of phenols is 1. The third-order valence-corrected chi connectivity index (χ3v) is 9.32. The summed E-state index contributed by atoms with van der Waals surface area (Å²) in [5.41, 5.74) is -0.730. The van der Waals surface area contributed by atoms with Gasteiger partial charge in [-0.1, -0.05) is 6.07 Å². The molecule has 8 rings (SSSR count). The molecule has 0 radical (unpaired) electrons. The molecule has 5 aliphatic rings. The summed E-state index contributed by atoms with van der Waals surface area (Å²) in [6.45, 7) is -5.93. The van der Waals surface area contributed by atoms with Crippen LogP contribution in [0.2, 0.25) is 0 Å². The van der Waals surface area contributed by atoms with E-state index in [-0.39, 0.29) is 29.4 Å². The first-order valence-electron chi connectivity index (χ1n) is 19.4. The number of thiophene rings is 1. The molecule has 5 heterocycles. The summed E-state index contributed by atoms with van der Waals surface area (Å²) < 4.78 is 141. The van der Waals surface area contributed by atoms with E-state index in [9.17, 15) is 21.5 Å². The molecule has 13 nitrogen and oxygen atoms in total. The lowest BCUT2D eigenvalue weighted by Crippen LogP contribution is -2.62. The fraction of sp³-hybridized carbons (Fsp3) is 0.469. The zero-order valence-corrected chi connectivity index (χ0v) is 24.1. The van der Waals surface area contributed by atoms with Gasteiger partial charge in [-0.3, -0.25) is 4.79 Å².